The quantitative estimate of drug-likeness (QED) is 0.535. The smallest absolute Gasteiger partial charge is 0.00417 e. The van der Waals surface area contributed by atoms with Gasteiger partial charge in [0.15, 0.2) is 0 Å². The van der Waals surface area contributed by atoms with E-state index in [-0.39, 0.29) is 0 Å². The van der Waals surface area contributed by atoms with E-state index in [1.54, 1.807) is 0 Å². The molecule has 0 amide bonds. The Balaban J connectivity index is 3.54. The Morgan fingerprint density at radius 1 is 1.27 bits per heavy atom. The average Bonchev–Trinajstić information content (AvgIpc) is 2.26. The lowest BCUT2D eigenvalue weighted by molar-refractivity contribution is 0.388. The zero-order valence-electron chi connectivity index (χ0n) is 10.9. The molecule has 1 nitrogen and oxygen atoms in total. The molecule has 0 aliphatic carbocycles. The van der Waals surface area contributed by atoms with Crippen LogP contribution in [0.3, 0.4) is 0 Å². The van der Waals surface area contributed by atoms with Crippen LogP contribution in [0.1, 0.15) is 59.3 Å². The highest BCUT2D eigenvalue weighted by Gasteiger charge is 2.07. The Kier molecular flexibility index (Phi) is 10.0. The first-order valence-electron chi connectivity index (χ1n) is 6.58. The van der Waals surface area contributed by atoms with Crippen LogP contribution in [0.5, 0.6) is 0 Å². The third-order valence-corrected chi connectivity index (χ3v) is 3.10. The summed E-state index contributed by atoms with van der Waals surface area (Å²) in [4.78, 5) is 0. The fraction of sp³-hybridized carbons (Fsp3) is 0.857. The highest BCUT2D eigenvalue weighted by atomic mass is 14.9. The molecule has 0 heterocycles. The summed E-state index contributed by atoms with van der Waals surface area (Å²) in [5.74, 6) is 0.871. The van der Waals surface area contributed by atoms with Gasteiger partial charge in [-0.05, 0) is 38.6 Å². The first-order chi connectivity index (χ1) is 7.24. The van der Waals surface area contributed by atoms with E-state index < -0.39 is 0 Å². The lowest BCUT2D eigenvalue weighted by Crippen LogP contribution is -2.31. The molecular formula is C14H29N. The van der Waals surface area contributed by atoms with Gasteiger partial charge in [-0.2, -0.15) is 0 Å². The van der Waals surface area contributed by atoms with Gasteiger partial charge in [-0.3, -0.25) is 0 Å². The molecule has 0 aliphatic heterocycles. The normalized spacial score (nSPS) is 14.9. The van der Waals surface area contributed by atoms with E-state index in [9.17, 15) is 0 Å². The summed E-state index contributed by atoms with van der Waals surface area (Å²) in [5.41, 5.74) is 0. The summed E-state index contributed by atoms with van der Waals surface area (Å²) >= 11 is 0. The standard InChI is InChI=1S/C14H29N/c1-5-8-10-13(4)15-12-14(7-3)11-9-6-2/h5,13-15H,1,6-12H2,2-4H3. The van der Waals surface area contributed by atoms with Crippen molar-refractivity contribution in [3.63, 3.8) is 0 Å². The van der Waals surface area contributed by atoms with Crippen LogP contribution in [-0.2, 0) is 0 Å². The molecule has 0 saturated carbocycles. The van der Waals surface area contributed by atoms with Crippen LogP contribution in [-0.4, -0.2) is 12.6 Å². The Hall–Kier alpha value is -0.300. The summed E-state index contributed by atoms with van der Waals surface area (Å²) < 4.78 is 0. The van der Waals surface area contributed by atoms with Crippen LogP contribution < -0.4 is 5.32 Å². The van der Waals surface area contributed by atoms with E-state index in [1.807, 2.05) is 6.08 Å². The minimum absolute atomic E-state index is 0.638. The lowest BCUT2D eigenvalue weighted by Gasteiger charge is -2.19. The number of hydrogen-bond acceptors (Lipinski definition) is 1. The first kappa shape index (κ1) is 14.7. The van der Waals surface area contributed by atoms with E-state index >= 15 is 0 Å². The van der Waals surface area contributed by atoms with Gasteiger partial charge in [0.1, 0.15) is 0 Å². The lowest BCUT2D eigenvalue weighted by atomic mass is 9.99. The number of unbranched alkanes of at least 4 members (excludes halogenated alkanes) is 1. The van der Waals surface area contributed by atoms with Gasteiger partial charge in [0.25, 0.3) is 0 Å². The molecule has 0 aromatic carbocycles. The van der Waals surface area contributed by atoms with Gasteiger partial charge in [-0.25, -0.2) is 0 Å². The minimum Gasteiger partial charge on any atom is -0.314 e. The first-order valence-corrected chi connectivity index (χ1v) is 6.58. The van der Waals surface area contributed by atoms with E-state index in [0.717, 1.165) is 12.3 Å². The second-order valence-corrected chi connectivity index (χ2v) is 4.59. The van der Waals surface area contributed by atoms with Crippen LogP contribution in [0.25, 0.3) is 0 Å². The van der Waals surface area contributed by atoms with Crippen molar-refractivity contribution >= 4 is 0 Å². The topological polar surface area (TPSA) is 12.0 Å². The Morgan fingerprint density at radius 2 is 2.00 bits per heavy atom. The molecule has 1 heteroatoms. The maximum absolute atomic E-state index is 3.76. The fourth-order valence-electron chi connectivity index (χ4n) is 1.78. The van der Waals surface area contributed by atoms with Gasteiger partial charge in [0, 0.05) is 6.04 Å². The SMILES string of the molecule is C=CCCC(C)NCC(CC)CCCC. The van der Waals surface area contributed by atoms with Crippen LogP contribution in [0.15, 0.2) is 12.7 Å². The number of nitrogens with one attached hydrogen (secondary N) is 1. The van der Waals surface area contributed by atoms with Crippen molar-refractivity contribution in [1.82, 2.24) is 5.32 Å². The Bertz CT molecular complexity index is 142. The van der Waals surface area contributed by atoms with Crippen molar-refractivity contribution in [3.05, 3.63) is 12.7 Å². The van der Waals surface area contributed by atoms with Gasteiger partial charge in [0.05, 0.1) is 0 Å². The monoisotopic (exact) mass is 211 g/mol. The zero-order valence-corrected chi connectivity index (χ0v) is 10.9. The zero-order chi connectivity index (χ0) is 11.5. The fourth-order valence-corrected chi connectivity index (χ4v) is 1.78. The number of allylic oxidation sites excluding steroid dienone is 1. The minimum atomic E-state index is 0.638. The van der Waals surface area contributed by atoms with Gasteiger partial charge >= 0.3 is 0 Å². The third-order valence-electron chi connectivity index (χ3n) is 3.10. The van der Waals surface area contributed by atoms with Crippen LogP contribution in [0.2, 0.25) is 0 Å². The molecule has 90 valence electrons. The molecule has 0 fully saturated rings. The maximum Gasteiger partial charge on any atom is 0.00417 e. The summed E-state index contributed by atoms with van der Waals surface area (Å²) in [6, 6.07) is 0.638. The van der Waals surface area contributed by atoms with E-state index in [4.69, 9.17) is 0 Å². The summed E-state index contributed by atoms with van der Waals surface area (Å²) in [6.45, 7) is 11.8. The largest absolute Gasteiger partial charge is 0.314 e. The van der Waals surface area contributed by atoms with Crippen molar-refractivity contribution in [2.24, 2.45) is 5.92 Å². The second kappa shape index (κ2) is 10.2. The molecule has 2 atom stereocenters. The summed E-state index contributed by atoms with van der Waals surface area (Å²) in [6.07, 6.45) is 9.74. The van der Waals surface area contributed by atoms with E-state index in [1.165, 1.54) is 38.6 Å². The molecule has 0 saturated heterocycles. The Labute approximate surface area is 96.3 Å². The van der Waals surface area contributed by atoms with Gasteiger partial charge in [-0.1, -0.05) is 39.2 Å². The van der Waals surface area contributed by atoms with Gasteiger partial charge < -0.3 is 5.32 Å². The van der Waals surface area contributed by atoms with E-state index in [2.05, 4.69) is 32.7 Å². The molecule has 0 aromatic heterocycles. The van der Waals surface area contributed by atoms with Crippen molar-refractivity contribution in [2.45, 2.75) is 65.3 Å². The number of rotatable bonds is 10. The summed E-state index contributed by atoms with van der Waals surface area (Å²) in [5, 5.41) is 3.63. The highest BCUT2D eigenvalue weighted by Crippen LogP contribution is 2.11. The predicted molar refractivity (Wildman–Crippen MR) is 70.2 cm³/mol. The molecule has 2 unspecified atom stereocenters. The van der Waals surface area contributed by atoms with Crippen molar-refractivity contribution in [3.8, 4) is 0 Å². The molecular weight excluding hydrogens is 182 g/mol. The van der Waals surface area contributed by atoms with Gasteiger partial charge in [0.2, 0.25) is 0 Å². The predicted octanol–water partition coefficient (Wildman–Crippen LogP) is 4.15. The molecule has 0 bridgehead atoms. The van der Waals surface area contributed by atoms with Crippen LogP contribution in [0.4, 0.5) is 0 Å². The maximum atomic E-state index is 3.76. The molecule has 0 rings (SSSR count). The second-order valence-electron chi connectivity index (χ2n) is 4.59. The Morgan fingerprint density at radius 3 is 2.53 bits per heavy atom. The average molecular weight is 211 g/mol. The van der Waals surface area contributed by atoms with Crippen molar-refractivity contribution in [1.29, 1.82) is 0 Å². The van der Waals surface area contributed by atoms with Crippen molar-refractivity contribution < 1.29 is 0 Å². The molecule has 0 spiro atoms. The van der Waals surface area contributed by atoms with Gasteiger partial charge in [-0.15, -0.1) is 6.58 Å². The van der Waals surface area contributed by atoms with Crippen molar-refractivity contribution in [2.75, 3.05) is 6.54 Å². The highest BCUT2D eigenvalue weighted by molar-refractivity contribution is 4.72. The molecule has 0 aliphatic rings. The molecule has 15 heavy (non-hydrogen) atoms. The number of hydrogen-bond donors (Lipinski definition) is 1. The molecule has 1 N–H and O–H groups in total. The molecule has 0 radical (unpaired) electrons. The van der Waals surface area contributed by atoms with Crippen LogP contribution >= 0.6 is 0 Å². The third kappa shape index (κ3) is 8.68. The van der Waals surface area contributed by atoms with Crippen LogP contribution in [0, 0.1) is 5.92 Å². The molecule has 0 aromatic rings. The van der Waals surface area contributed by atoms with E-state index in [0.29, 0.717) is 6.04 Å². The summed E-state index contributed by atoms with van der Waals surface area (Å²) in [7, 11) is 0.